The van der Waals surface area contributed by atoms with Crippen molar-refractivity contribution in [3.63, 3.8) is 0 Å². The van der Waals surface area contributed by atoms with Crippen molar-refractivity contribution in [2.75, 3.05) is 5.32 Å². The molecule has 0 amide bonds. The van der Waals surface area contributed by atoms with Gasteiger partial charge >= 0.3 is 0 Å². The highest BCUT2D eigenvalue weighted by atomic mass is 35.5. The molecule has 2 rings (SSSR count). The average molecular weight is 239 g/mol. The molecular weight excluding hydrogens is 228 g/mol. The number of nitrogens with zero attached hydrogens (tertiary/aromatic N) is 1. The van der Waals surface area contributed by atoms with E-state index in [2.05, 4.69) is 34.1 Å². The maximum Gasteiger partial charge on any atom is 0.145 e. The summed E-state index contributed by atoms with van der Waals surface area (Å²) in [4.78, 5) is 4.19. The lowest BCUT2D eigenvalue weighted by Gasteiger charge is -2.13. The molecule has 2 heterocycles. The first-order valence-electron chi connectivity index (χ1n) is 4.66. The predicted molar refractivity (Wildman–Crippen MR) is 65.6 cm³/mol. The molecule has 0 bridgehead atoms. The van der Waals surface area contributed by atoms with Crippen LogP contribution in [0.5, 0.6) is 0 Å². The monoisotopic (exact) mass is 238 g/mol. The standard InChI is InChI=1S/C11H11ClN2S/c1-8(9-4-6-15-7-9)14-11-10(12)3-2-5-13-11/h2-8H,1H3,(H,13,14). The van der Waals surface area contributed by atoms with Crippen LogP contribution in [0.25, 0.3) is 0 Å². The van der Waals surface area contributed by atoms with Crippen molar-refractivity contribution in [1.29, 1.82) is 0 Å². The van der Waals surface area contributed by atoms with Gasteiger partial charge < -0.3 is 5.32 Å². The van der Waals surface area contributed by atoms with Gasteiger partial charge in [-0.15, -0.1) is 0 Å². The zero-order chi connectivity index (χ0) is 10.7. The van der Waals surface area contributed by atoms with E-state index < -0.39 is 0 Å². The minimum atomic E-state index is 0.226. The summed E-state index contributed by atoms with van der Waals surface area (Å²) in [7, 11) is 0. The Labute approximate surface area is 97.9 Å². The predicted octanol–water partition coefficient (Wildman–Crippen LogP) is 3.97. The highest BCUT2D eigenvalue weighted by Crippen LogP contribution is 2.24. The topological polar surface area (TPSA) is 24.9 Å². The summed E-state index contributed by atoms with van der Waals surface area (Å²) in [5.74, 6) is 0.734. The van der Waals surface area contributed by atoms with Crippen molar-refractivity contribution in [2.24, 2.45) is 0 Å². The van der Waals surface area contributed by atoms with E-state index in [1.165, 1.54) is 5.56 Å². The van der Waals surface area contributed by atoms with Gasteiger partial charge in [-0.2, -0.15) is 11.3 Å². The number of hydrogen-bond donors (Lipinski definition) is 1. The number of nitrogens with one attached hydrogen (secondary N) is 1. The summed E-state index contributed by atoms with van der Waals surface area (Å²) in [6, 6.07) is 5.97. The van der Waals surface area contributed by atoms with Gasteiger partial charge in [-0.25, -0.2) is 4.98 Å². The van der Waals surface area contributed by atoms with Crippen LogP contribution in [0, 0.1) is 0 Å². The van der Waals surface area contributed by atoms with Crippen molar-refractivity contribution >= 4 is 28.8 Å². The third-order valence-corrected chi connectivity index (χ3v) is 3.16. The molecular formula is C11H11ClN2S. The number of rotatable bonds is 3. The van der Waals surface area contributed by atoms with E-state index in [-0.39, 0.29) is 6.04 Å². The van der Waals surface area contributed by atoms with Crippen molar-refractivity contribution in [1.82, 2.24) is 4.98 Å². The second kappa shape index (κ2) is 4.64. The van der Waals surface area contributed by atoms with Crippen LogP contribution in [0.4, 0.5) is 5.82 Å². The van der Waals surface area contributed by atoms with Crippen LogP contribution in [0.1, 0.15) is 18.5 Å². The average Bonchev–Trinajstić information content (AvgIpc) is 2.74. The Bertz CT molecular complexity index is 428. The van der Waals surface area contributed by atoms with Crippen LogP contribution in [-0.4, -0.2) is 4.98 Å². The molecule has 0 aromatic carbocycles. The summed E-state index contributed by atoms with van der Waals surface area (Å²) >= 11 is 7.70. The van der Waals surface area contributed by atoms with Crippen LogP contribution in [0.3, 0.4) is 0 Å². The molecule has 2 nitrogen and oxygen atoms in total. The second-order valence-corrected chi connectivity index (χ2v) is 4.44. The first-order chi connectivity index (χ1) is 7.27. The Morgan fingerprint density at radius 3 is 3.00 bits per heavy atom. The van der Waals surface area contributed by atoms with Crippen molar-refractivity contribution in [3.05, 3.63) is 45.7 Å². The molecule has 1 N–H and O–H groups in total. The Morgan fingerprint density at radius 2 is 2.33 bits per heavy atom. The quantitative estimate of drug-likeness (QED) is 0.875. The van der Waals surface area contributed by atoms with E-state index in [1.807, 2.05) is 12.1 Å². The fourth-order valence-corrected chi connectivity index (χ4v) is 2.23. The summed E-state index contributed by atoms with van der Waals surface area (Å²) in [5.41, 5.74) is 1.25. The highest BCUT2D eigenvalue weighted by molar-refractivity contribution is 7.07. The Hall–Kier alpha value is -1.06. The molecule has 1 atom stereocenters. The van der Waals surface area contributed by atoms with Gasteiger partial charge in [0.05, 0.1) is 11.1 Å². The van der Waals surface area contributed by atoms with Gasteiger partial charge in [0.15, 0.2) is 0 Å². The zero-order valence-electron chi connectivity index (χ0n) is 8.27. The van der Waals surface area contributed by atoms with E-state index in [0.717, 1.165) is 5.82 Å². The van der Waals surface area contributed by atoms with Gasteiger partial charge in [0, 0.05) is 6.20 Å². The maximum absolute atomic E-state index is 6.01. The minimum Gasteiger partial charge on any atom is -0.362 e. The van der Waals surface area contributed by atoms with Crippen LogP contribution >= 0.6 is 22.9 Å². The van der Waals surface area contributed by atoms with Crippen LogP contribution in [0.2, 0.25) is 5.02 Å². The smallest absolute Gasteiger partial charge is 0.145 e. The number of anilines is 1. The van der Waals surface area contributed by atoms with E-state index in [4.69, 9.17) is 11.6 Å². The normalized spacial score (nSPS) is 12.4. The third-order valence-electron chi connectivity index (χ3n) is 2.15. The third kappa shape index (κ3) is 2.49. The van der Waals surface area contributed by atoms with Crippen molar-refractivity contribution in [2.45, 2.75) is 13.0 Å². The van der Waals surface area contributed by atoms with Crippen LogP contribution < -0.4 is 5.32 Å². The molecule has 0 fully saturated rings. The van der Waals surface area contributed by atoms with Crippen LogP contribution in [0.15, 0.2) is 35.2 Å². The molecule has 4 heteroatoms. The first kappa shape index (κ1) is 10.5. The maximum atomic E-state index is 6.01. The zero-order valence-corrected chi connectivity index (χ0v) is 9.85. The summed E-state index contributed by atoms with van der Waals surface area (Å²) < 4.78 is 0. The Morgan fingerprint density at radius 1 is 1.47 bits per heavy atom. The molecule has 0 aliphatic rings. The Balaban J connectivity index is 2.13. The molecule has 0 saturated carbocycles. The molecule has 2 aromatic rings. The van der Waals surface area contributed by atoms with Gasteiger partial charge in [0.25, 0.3) is 0 Å². The van der Waals surface area contributed by atoms with Crippen molar-refractivity contribution in [3.8, 4) is 0 Å². The first-order valence-corrected chi connectivity index (χ1v) is 5.98. The molecule has 2 aromatic heterocycles. The Kier molecular flexibility index (Phi) is 3.23. The number of aromatic nitrogens is 1. The lowest BCUT2D eigenvalue weighted by atomic mass is 10.2. The fraction of sp³-hybridized carbons (Fsp3) is 0.182. The molecule has 0 radical (unpaired) electrons. The van der Waals surface area contributed by atoms with E-state index in [1.54, 1.807) is 17.5 Å². The summed E-state index contributed by atoms with van der Waals surface area (Å²) in [5, 5.41) is 8.11. The molecule has 1 unspecified atom stereocenters. The number of pyridine rings is 1. The van der Waals surface area contributed by atoms with Gasteiger partial charge in [-0.1, -0.05) is 11.6 Å². The summed E-state index contributed by atoms with van der Waals surface area (Å²) in [6.45, 7) is 2.09. The van der Waals surface area contributed by atoms with Gasteiger partial charge in [-0.3, -0.25) is 0 Å². The highest BCUT2D eigenvalue weighted by Gasteiger charge is 2.07. The fourth-order valence-electron chi connectivity index (χ4n) is 1.30. The minimum absolute atomic E-state index is 0.226. The molecule has 78 valence electrons. The van der Waals surface area contributed by atoms with E-state index in [9.17, 15) is 0 Å². The lowest BCUT2D eigenvalue weighted by molar-refractivity contribution is 0.880. The van der Waals surface area contributed by atoms with E-state index in [0.29, 0.717) is 5.02 Å². The number of hydrogen-bond acceptors (Lipinski definition) is 3. The second-order valence-electron chi connectivity index (χ2n) is 3.26. The summed E-state index contributed by atoms with van der Waals surface area (Å²) in [6.07, 6.45) is 1.73. The van der Waals surface area contributed by atoms with Crippen LogP contribution in [-0.2, 0) is 0 Å². The molecule has 0 aliphatic heterocycles. The SMILES string of the molecule is CC(Nc1ncccc1Cl)c1ccsc1. The van der Waals surface area contributed by atoms with E-state index >= 15 is 0 Å². The molecule has 0 spiro atoms. The number of thiophene rings is 1. The molecule has 0 saturated heterocycles. The van der Waals surface area contributed by atoms with Gasteiger partial charge in [0.2, 0.25) is 0 Å². The lowest BCUT2D eigenvalue weighted by Crippen LogP contribution is -2.07. The van der Waals surface area contributed by atoms with Gasteiger partial charge in [0.1, 0.15) is 5.82 Å². The number of halogens is 1. The molecule has 15 heavy (non-hydrogen) atoms. The molecule has 0 aliphatic carbocycles. The largest absolute Gasteiger partial charge is 0.362 e. The van der Waals surface area contributed by atoms with Gasteiger partial charge in [-0.05, 0) is 41.4 Å². The van der Waals surface area contributed by atoms with Crippen molar-refractivity contribution < 1.29 is 0 Å².